The number of rotatable bonds is 4. The Morgan fingerprint density at radius 1 is 1.16 bits per heavy atom. The average molecular weight is 459 g/mol. The van der Waals surface area contributed by atoms with Crippen molar-refractivity contribution in [3.05, 3.63) is 58.9 Å². The van der Waals surface area contributed by atoms with Crippen molar-refractivity contribution in [2.75, 3.05) is 31.6 Å². The number of hydrogen-bond acceptors (Lipinski definition) is 4. The number of hydrogen-bond donors (Lipinski definition) is 1. The predicted molar refractivity (Wildman–Crippen MR) is 126 cm³/mol. The third-order valence-corrected chi connectivity index (χ3v) is 6.85. The molecule has 2 amide bonds. The van der Waals surface area contributed by atoms with E-state index in [1.165, 1.54) is 6.20 Å². The Balaban J connectivity index is 1.69. The molecular formula is C24H31ClN4O3. The minimum Gasteiger partial charge on any atom is -0.465 e. The number of aromatic nitrogens is 1. The highest BCUT2D eigenvalue weighted by molar-refractivity contribution is 6.29. The summed E-state index contributed by atoms with van der Waals surface area (Å²) in [5, 5.41) is 10.0. The van der Waals surface area contributed by atoms with Crippen LogP contribution in [-0.4, -0.2) is 64.1 Å². The second-order valence-corrected chi connectivity index (χ2v) is 9.96. The second-order valence-electron chi connectivity index (χ2n) is 9.57. The Kier molecular flexibility index (Phi) is 6.81. The number of amides is 2. The molecule has 0 radical (unpaired) electrons. The number of benzene rings is 1. The molecule has 1 atom stereocenters. The number of halogens is 1. The molecule has 2 aromatic rings. The molecule has 1 aliphatic heterocycles. The van der Waals surface area contributed by atoms with Crippen molar-refractivity contribution in [2.24, 2.45) is 5.41 Å². The van der Waals surface area contributed by atoms with Crippen molar-refractivity contribution in [3.63, 3.8) is 0 Å². The second kappa shape index (κ2) is 9.08. The van der Waals surface area contributed by atoms with Crippen molar-refractivity contribution in [1.29, 1.82) is 0 Å². The highest BCUT2D eigenvalue weighted by atomic mass is 35.5. The van der Waals surface area contributed by atoms with Crippen LogP contribution >= 0.6 is 11.6 Å². The number of carbonyl (C=O) groups is 2. The molecule has 2 heterocycles. The van der Waals surface area contributed by atoms with Crippen LogP contribution in [0.5, 0.6) is 0 Å². The summed E-state index contributed by atoms with van der Waals surface area (Å²) >= 11 is 5.80. The fourth-order valence-electron chi connectivity index (χ4n) is 4.07. The van der Waals surface area contributed by atoms with Crippen molar-refractivity contribution >= 4 is 29.3 Å². The maximum atomic E-state index is 12.7. The first kappa shape index (κ1) is 24.0. The molecule has 0 aliphatic carbocycles. The van der Waals surface area contributed by atoms with Crippen LogP contribution in [0.2, 0.25) is 5.15 Å². The van der Waals surface area contributed by atoms with Crippen molar-refractivity contribution in [3.8, 4) is 0 Å². The zero-order chi connectivity index (χ0) is 23.7. The Bertz CT molecular complexity index is 972. The van der Waals surface area contributed by atoms with E-state index in [0.717, 1.165) is 17.8 Å². The first-order valence-corrected chi connectivity index (χ1v) is 11.0. The lowest BCUT2D eigenvalue weighted by Gasteiger charge is -2.54. The molecule has 0 unspecified atom stereocenters. The molecule has 32 heavy (non-hydrogen) atoms. The summed E-state index contributed by atoms with van der Waals surface area (Å²) < 4.78 is 0. The normalized spacial score (nSPS) is 19.6. The van der Waals surface area contributed by atoms with Crippen LogP contribution < -0.4 is 4.90 Å². The zero-order valence-electron chi connectivity index (χ0n) is 19.3. The molecule has 1 aromatic heterocycles. The van der Waals surface area contributed by atoms with E-state index >= 15 is 0 Å². The molecule has 1 aromatic carbocycles. The molecule has 1 saturated heterocycles. The first-order chi connectivity index (χ1) is 14.9. The Morgan fingerprint density at radius 3 is 2.34 bits per heavy atom. The van der Waals surface area contributed by atoms with Gasteiger partial charge in [-0.05, 0) is 42.2 Å². The number of carbonyl (C=O) groups excluding carboxylic acids is 1. The van der Waals surface area contributed by atoms with E-state index in [4.69, 9.17) is 11.6 Å². The number of anilines is 1. The molecule has 1 aliphatic rings. The maximum Gasteiger partial charge on any atom is 0.407 e. The van der Waals surface area contributed by atoms with Crippen LogP contribution in [0.3, 0.4) is 0 Å². The fourth-order valence-corrected chi connectivity index (χ4v) is 4.18. The van der Waals surface area contributed by atoms with E-state index in [-0.39, 0.29) is 11.3 Å². The van der Waals surface area contributed by atoms with Gasteiger partial charge in [-0.1, -0.05) is 44.5 Å². The Labute approximate surface area is 194 Å². The summed E-state index contributed by atoms with van der Waals surface area (Å²) in [6, 6.07) is 11.1. The van der Waals surface area contributed by atoms with Crippen LogP contribution in [0, 0.1) is 5.41 Å². The lowest BCUT2D eigenvalue weighted by atomic mass is 9.72. The van der Waals surface area contributed by atoms with Gasteiger partial charge in [0, 0.05) is 45.1 Å². The summed E-state index contributed by atoms with van der Waals surface area (Å²) in [5.41, 5.74) is 1.68. The molecular weight excluding hydrogens is 428 g/mol. The highest BCUT2D eigenvalue weighted by Gasteiger charge is 2.48. The van der Waals surface area contributed by atoms with Crippen LogP contribution in [0.4, 0.5) is 10.5 Å². The van der Waals surface area contributed by atoms with Crippen LogP contribution in [-0.2, 0) is 6.54 Å². The van der Waals surface area contributed by atoms with Gasteiger partial charge in [0.2, 0.25) is 0 Å². The number of pyridine rings is 1. The van der Waals surface area contributed by atoms with E-state index < -0.39 is 11.6 Å². The molecule has 0 bridgehead atoms. The van der Waals surface area contributed by atoms with Gasteiger partial charge >= 0.3 is 6.09 Å². The van der Waals surface area contributed by atoms with Gasteiger partial charge in [-0.3, -0.25) is 14.6 Å². The largest absolute Gasteiger partial charge is 0.465 e. The van der Waals surface area contributed by atoms with E-state index in [1.807, 2.05) is 31.2 Å². The minimum absolute atomic E-state index is 0.160. The molecule has 172 valence electrons. The molecule has 8 heteroatoms. The predicted octanol–water partition coefficient (Wildman–Crippen LogP) is 4.61. The lowest BCUT2D eigenvalue weighted by molar-refractivity contribution is -0.0462. The van der Waals surface area contributed by atoms with E-state index in [1.54, 1.807) is 29.0 Å². The SMILES string of the molecule is CN(C(=O)c1ccc(Cl)nc1)c1ccc(CN2CCN(C(=O)O)[C@@](C)(C(C)(C)C)C2)cc1. The van der Waals surface area contributed by atoms with Gasteiger partial charge in [0.15, 0.2) is 0 Å². The molecule has 3 rings (SSSR count). The minimum atomic E-state index is -0.866. The lowest BCUT2D eigenvalue weighted by Crippen LogP contribution is -2.67. The molecule has 1 fully saturated rings. The van der Waals surface area contributed by atoms with E-state index in [0.29, 0.717) is 30.4 Å². The molecule has 7 nitrogen and oxygen atoms in total. The van der Waals surface area contributed by atoms with Gasteiger partial charge < -0.3 is 10.0 Å². The smallest absolute Gasteiger partial charge is 0.407 e. The Hall–Kier alpha value is -2.64. The van der Waals surface area contributed by atoms with Gasteiger partial charge in [-0.2, -0.15) is 0 Å². The summed E-state index contributed by atoms with van der Waals surface area (Å²) in [6.07, 6.45) is 0.605. The van der Waals surface area contributed by atoms with Gasteiger partial charge in [-0.15, -0.1) is 0 Å². The van der Waals surface area contributed by atoms with Crippen LogP contribution in [0.25, 0.3) is 0 Å². The van der Waals surface area contributed by atoms with Crippen molar-refractivity contribution in [1.82, 2.24) is 14.8 Å². The fraction of sp³-hybridized carbons (Fsp3) is 0.458. The molecule has 0 spiro atoms. The zero-order valence-corrected chi connectivity index (χ0v) is 20.1. The number of carboxylic acid groups (broad SMARTS) is 1. The summed E-state index contributed by atoms with van der Waals surface area (Å²) in [6.45, 7) is 10.8. The first-order valence-electron chi connectivity index (χ1n) is 10.6. The quantitative estimate of drug-likeness (QED) is 0.677. The van der Waals surface area contributed by atoms with Crippen LogP contribution in [0.15, 0.2) is 42.6 Å². The summed E-state index contributed by atoms with van der Waals surface area (Å²) in [4.78, 5) is 33.9. The monoisotopic (exact) mass is 458 g/mol. The molecule has 1 N–H and O–H groups in total. The number of piperazine rings is 1. The van der Waals surface area contributed by atoms with Gasteiger partial charge in [0.1, 0.15) is 5.15 Å². The van der Waals surface area contributed by atoms with E-state index in [9.17, 15) is 14.7 Å². The highest BCUT2D eigenvalue weighted by Crippen LogP contribution is 2.38. The van der Waals surface area contributed by atoms with Crippen molar-refractivity contribution < 1.29 is 14.7 Å². The summed E-state index contributed by atoms with van der Waals surface area (Å²) in [7, 11) is 1.73. The van der Waals surface area contributed by atoms with E-state index in [2.05, 4.69) is 30.7 Å². The molecule has 0 saturated carbocycles. The topological polar surface area (TPSA) is 77.0 Å². The van der Waals surface area contributed by atoms with Gasteiger partial charge in [0.05, 0.1) is 11.1 Å². The van der Waals surface area contributed by atoms with Crippen molar-refractivity contribution in [2.45, 2.75) is 39.8 Å². The average Bonchev–Trinajstić information content (AvgIpc) is 2.73. The Morgan fingerprint density at radius 2 is 1.81 bits per heavy atom. The summed E-state index contributed by atoms with van der Waals surface area (Å²) in [5.74, 6) is -0.160. The van der Waals surface area contributed by atoms with Crippen LogP contribution in [0.1, 0.15) is 43.6 Å². The standard InChI is InChI=1S/C24H31ClN4O3/c1-23(2,3)24(4)16-28(12-13-29(24)22(31)32)15-17-6-9-19(10-7-17)27(5)21(30)18-8-11-20(25)26-14-18/h6-11,14H,12-13,15-16H2,1-5H3,(H,31,32)/t24-/m1/s1. The van der Waals surface area contributed by atoms with Gasteiger partial charge in [-0.25, -0.2) is 9.78 Å². The number of nitrogens with zero attached hydrogens (tertiary/aromatic N) is 4. The van der Waals surface area contributed by atoms with Gasteiger partial charge in [0.25, 0.3) is 5.91 Å². The third-order valence-electron chi connectivity index (χ3n) is 6.62. The third kappa shape index (κ3) is 4.89. The maximum absolute atomic E-state index is 12.7.